The van der Waals surface area contributed by atoms with Crippen LogP contribution in [0.3, 0.4) is 0 Å². The average molecular weight is 489 g/mol. The largest absolute Gasteiger partial charge is 0.497 e. The molecule has 0 saturated heterocycles. The van der Waals surface area contributed by atoms with Gasteiger partial charge in [-0.1, -0.05) is 11.8 Å². The number of amides is 1. The van der Waals surface area contributed by atoms with Crippen LogP contribution in [0.5, 0.6) is 23.0 Å². The predicted molar refractivity (Wildman–Crippen MR) is 129 cm³/mol. The number of methoxy groups -OCH3 is 4. The molecular weight excluding hydrogens is 464 g/mol. The van der Waals surface area contributed by atoms with Crippen LogP contribution >= 0.6 is 23.1 Å². The molecule has 0 saturated carbocycles. The number of rotatable bonds is 11. The molecule has 0 aliphatic carbocycles. The first-order chi connectivity index (χ1) is 16.0. The van der Waals surface area contributed by atoms with Crippen molar-refractivity contribution in [3.05, 3.63) is 53.0 Å². The number of nitrogens with zero attached hydrogens (tertiary/aromatic N) is 1. The van der Waals surface area contributed by atoms with Crippen LogP contribution < -0.4 is 24.3 Å². The highest BCUT2D eigenvalue weighted by atomic mass is 32.2. The SMILES string of the molecule is COc1ccc(C(=O)CSc2nc(CC(=O)Nc3cc(OC)c(OC)c(OC)c3)cs2)cc1. The number of ether oxygens (including phenoxy) is 4. The Kier molecular flexibility index (Phi) is 8.56. The number of hydrogen-bond donors (Lipinski definition) is 1. The molecule has 10 heteroatoms. The van der Waals surface area contributed by atoms with Crippen LogP contribution in [-0.4, -0.2) is 50.9 Å². The van der Waals surface area contributed by atoms with Crippen LogP contribution in [0.1, 0.15) is 16.1 Å². The minimum Gasteiger partial charge on any atom is -0.497 e. The number of thioether (sulfide) groups is 1. The Morgan fingerprint density at radius 2 is 1.64 bits per heavy atom. The smallest absolute Gasteiger partial charge is 0.230 e. The van der Waals surface area contributed by atoms with Gasteiger partial charge in [0.1, 0.15) is 5.75 Å². The summed E-state index contributed by atoms with van der Waals surface area (Å²) in [7, 11) is 6.12. The maximum atomic E-state index is 12.5. The Labute approximate surface area is 200 Å². The predicted octanol–water partition coefficient (Wildman–Crippen LogP) is 4.33. The van der Waals surface area contributed by atoms with Crippen molar-refractivity contribution in [1.29, 1.82) is 0 Å². The molecule has 2 aromatic carbocycles. The number of benzene rings is 2. The summed E-state index contributed by atoms with van der Waals surface area (Å²) in [6.07, 6.45) is 0.0974. The van der Waals surface area contributed by atoms with Gasteiger partial charge in [0.25, 0.3) is 0 Å². The topological polar surface area (TPSA) is 96.0 Å². The second kappa shape index (κ2) is 11.6. The van der Waals surface area contributed by atoms with Gasteiger partial charge in [0.05, 0.1) is 46.3 Å². The fourth-order valence-corrected chi connectivity index (χ4v) is 4.69. The summed E-state index contributed by atoms with van der Waals surface area (Å²) in [6, 6.07) is 10.3. The first-order valence-corrected chi connectivity index (χ1v) is 11.7. The van der Waals surface area contributed by atoms with E-state index in [1.165, 1.54) is 44.4 Å². The molecule has 0 fully saturated rings. The quantitative estimate of drug-likeness (QED) is 0.315. The van der Waals surface area contributed by atoms with E-state index in [1.54, 1.807) is 43.5 Å². The molecule has 0 spiro atoms. The Bertz CT molecular complexity index is 1090. The van der Waals surface area contributed by atoms with Gasteiger partial charge < -0.3 is 24.3 Å². The normalized spacial score (nSPS) is 10.4. The molecule has 0 atom stereocenters. The number of nitrogens with one attached hydrogen (secondary N) is 1. The number of ketones is 1. The molecule has 3 aromatic rings. The summed E-state index contributed by atoms with van der Waals surface area (Å²) in [5.74, 6) is 2.07. The molecule has 3 rings (SSSR count). The molecule has 1 aromatic heterocycles. The molecular formula is C23H24N2O6S2. The first kappa shape index (κ1) is 24.4. The van der Waals surface area contributed by atoms with E-state index in [-0.39, 0.29) is 23.9 Å². The Balaban J connectivity index is 1.56. The molecule has 0 aliphatic rings. The Morgan fingerprint density at radius 1 is 0.970 bits per heavy atom. The standard InChI is InChI=1S/C23H24N2O6S2/c1-28-17-7-5-14(6-8-17)18(26)13-33-23-25-16(12-32-23)11-21(27)24-15-9-19(29-2)22(31-4)20(10-15)30-3/h5-10,12H,11,13H2,1-4H3,(H,24,27). The van der Waals surface area contributed by atoms with Crippen molar-refractivity contribution in [3.8, 4) is 23.0 Å². The Morgan fingerprint density at radius 3 is 2.21 bits per heavy atom. The van der Waals surface area contributed by atoms with Gasteiger partial charge in [-0.05, 0) is 24.3 Å². The summed E-state index contributed by atoms with van der Waals surface area (Å²) >= 11 is 2.75. The van der Waals surface area contributed by atoms with E-state index in [4.69, 9.17) is 18.9 Å². The van der Waals surface area contributed by atoms with Crippen molar-refractivity contribution < 1.29 is 28.5 Å². The van der Waals surface area contributed by atoms with Crippen LogP contribution in [0.25, 0.3) is 0 Å². The van der Waals surface area contributed by atoms with Crippen molar-refractivity contribution in [2.75, 3.05) is 39.5 Å². The maximum absolute atomic E-state index is 12.5. The minimum atomic E-state index is -0.236. The lowest BCUT2D eigenvalue weighted by Crippen LogP contribution is -2.15. The molecule has 33 heavy (non-hydrogen) atoms. The van der Waals surface area contributed by atoms with Crippen molar-refractivity contribution in [2.24, 2.45) is 0 Å². The number of carbonyl (C=O) groups is 2. The van der Waals surface area contributed by atoms with Gasteiger partial charge >= 0.3 is 0 Å². The highest BCUT2D eigenvalue weighted by molar-refractivity contribution is 8.01. The van der Waals surface area contributed by atoms with Crippen LogP contribution in [0.2, 0.25) is 0 Å². The summed E-state index contributed by atoms with van der Waals surface area (Å²) in [5.41, 5.74) is 1.76. The van der Waals surface area contributed by atoms with Crippen LogP contribution in [0.4, 0.5) is 5.69 Å². The zero-order chi connectivity index (χ0) is 23.8. The van der Waals surface area contributed by atoms with Crippen LogP contribution in [0, 0.1) is 0 Å². The van der Waals surface area contributed by atoms with Gasteiger partial charge in [-0.15, -0.1) is 11.3 Å². The van der Waals surface area contributed by atoms with E-state index in [2.05, 4.69) is 10.3 Å². The summed E-state index contributed by atoms with van der Waals surface area (Å²) in [6.45, 7) is 0. The molecule has 1 N–H and O–H groups in total. The highest BCUT2D eigenvalue weighted by Gasteiger charge is 2.16. The zero-order valence-electron chi connectivity index (χ0n) is 18.7. The third-order valence-electron chi connectivity index (χ3n) is 4.56. The number of hydrogen-bond acceptors (Lipinski definition) is 9. The lowest BCUT2D eigenvalue weighted by atomic mass is 10.1. The number of thiazole rings is 1. The van der Waals surface area contributed by atoms with E-state index in [0.29, 0.717) is 39.9 Å². The second-order valence-electron chi connectivity index (χ2n) is 6.68. The summed E-state index contributed by atoms with van der Waals surface area (Å²) in [5, 5.41) is 4.63. The minimum absolute atomic E-state index is 0.000420. The number of carbonyl (C=O) groups excluding carboxylic acids is 2. The maximum Gasteiger partial charge on any atom is 0.230 e. The lowest BCUT2D eigenvalue weighted by molar-refractivity contribution is -0.115. The molecule has 8 nitrogen and oxygen atoms in total. The fraction of sp³-hybridized carbons (Fsp3) is 0.261. The van der Waals surface area contributed by atoms with Gasteiger partial charge in [0.2, 0.25) is 11.7 Å². The van der Waals surface area contributed by atoms with Crippen molar-refractivity contribution in [1.82, 2.24) is 4.98 Å². The lowest BCUT2D eigenvalue weighted by Gasteiger charge is -2.14. The van der Waals surface area contributed by atoms with Crippen LogP contribution in [0.15, 0.2) is 46.1 Å². The summed E-state index contributed by atoms with van der Waals surface area (Å²) < 4.78 is 21.7. The number of Topliss-reactive ketones (excluding diaryl/α,β-unsaturated/α-hetero) is 1. The third-order valence-corrected chi connectivity index (χ3v) is 6.63. The van der Waals surface area contributed by atoms with E-state index < -0.39 is 0 Å². The molecule has 1 heterocycles. The zero-order valence-corrected chi connectivity index (χ0v) is 20.3. The van der Waals surface area contributed by atoms with E-state index in [0.717, 1.165) is 4.34 Å². The molecule has 0 unspecified atom stereocenters. The molecule has 0 bridgehead atoms. The van der Waals surface area contributed by atoms with E-state index in [1.807, 2.05) is 5.38 Å². The second-order valence-corrected chi connectivity index (χ2v) is 8.76. The number of aromatic nitrogens is 1. The monoisotopic (exact) mass is 488 g/mol. The van der Waals surface area contributed by atoms with Crippen molar-refractivity contribution in [2.45, 2.75) is 10.8 Å². The average Bonchev–Trinajstić information content (AvgIpc) is 3.28. The molecule has 0 aliphatic heterocycles. The van der Waals surface area contributed by atoms with Crippen molar-refractivity contribution >= 4 is 40.5 Å². The third kappa shape index (κ3) is 6.39. The molecule has 174 valence electrons. The van der Waals surface area contributed by atoms with E-state index in [9.17, 15) is 9.59 Å². The summed E-state index contributed by atoms with van der Waals surface area (Å²) in [4.78, 5) is 29.4. The van der Waals surface area contributed by atoms with Gasteiger partial charge in [0.15, 0.2) is 21.6 Å². The van der Waals surface area contributed by atoms with Gasteiger partial charge in [-0.2, -0.15) is 0 Å². The molecule has 1 amide bonds. The van der Waals surface area contributed by atoms with E-state index >= 15 is 0 Å². The fourth-order valence-electron chi connectivity index (χ4n) is 2.95. The number of anilines is 1. The van der Waals surface area contributed by atoms with Gasteiger partial charge in [0, 0.05) is 28.8 Å². The van der Waals surface area contributed by atoms with Gasteiger partial charge in [-0.3, -0.25) is 9.59 Å². The van der Waals surface area contributed by atoms with Crippen LogP contribution in [-0.2, 0) is 11.2 Å². The first-order valence-electron chi connectivity index (χ1n) is 9.81. The van der Waals surface area contributed by atoms with Crippen molar-refractivity contribution in [3.63, 3.8) is 0 Å². The Hall–Kier alpha value is -3.24. The highest BCUT2D eigenvalue weighted by Crippen LogP contribution is 2.40. The molecule has 0 radical (unpaired) electrons. The van der Waals surface area contributed by atoms with Gasteiger partial charge in [-0.25, -0.2) is 4.98 Å².